The Balaban J connectivity index is 1.72. The van der Waals surface area contributed by atoms with Crippen LogP contribution in [0.3, 0.4) is 0 Å². The van der Waals surface area contributed by atoms with E-state index in [1.807, 2.05) is 0 Å². The van der Waals surface area contributed by atoms with Gasteiger partial charge in [-0.3, -0.25) is 14.3 Å². The second-order valence-corrected chi connectivity index (χ2v) is 6.70. The van der Waals surface area contributed by atoms with E-state index in [2.05, 4.69) is 15.7 Å². The fraction of sp³-hybridized carbons (Fsp3) is 0.211. The van der Waals surface area contributed by atoms with E-state index in [4.69, 9.17) is 16.0 Å². The first-order valence-corrected chi connectivity index (χ1v) is 9.13. The number of hydrogen-bond acceptors (Lipinski definition) is 4. The molecule has 0 unspecified atom stereocenters. The number of alkyl halides is 4. The maximum Gasteiger partial charge on any atom is 0.291 e. The molecule has 3 rings (SSSR count). The Morgan fingerprint density at radius 2 is 1.65 bits per heavy atom. The van der Waals surface area contributed by atoms with Crippen LogP contribution in [0.15, 0.2) is 40.8 Å². The fourth-order valence-electron chi connectivity index (χ4n) is 2.71. The van der Waals surface area contributed by atoms with Gasteiger partial charge in [-0.25, -0.2) is 17.6 Å². The molecule has 1 aromatic carbocycles. The van der Waals surface area contributed by atoms with Gasteiger partial charge in [-0.05, 0) is 36.4 Å². The average molecular weight is 459 g/mol. The van der Waals surface area contributed by atoms with Crippen molar-refractivity contribution in [2.45, 2.75) is 26.3 Å². The molecular formula is C19H15ClF4N4O3. The quantitative estimate of drug-likeness (QED) is 0.472. The number of carbonyl (C=O) groups excluding carboxylic acids is 2. The second-order valence-electron chi connectivity index (χ2n) is 6.32. The molecule has 0 atom stereocenters. The van der Waals surface area contributed by atoms with Crippen LogP contribution >= 0.6 is 11.6 Å². The number of amides is 2. The molecule has 0 aliphatic heterocycles. The van der Waals surface area contributed by atoms with Gasteiger partial charge >= 0.3 is 0 Å². The lowest BCUT2D eigenvalue weighted by Crippen LogP contribution is -2.11. The van der Waals surface area contributed by atoms with Crippen LogP contribution < -0.4 is 10.6 Å². The van der Waals surface area contributed by atoms with Gasteiger partial charge in [0.15, 0.2) is 5.76 Å². The fourth-order valence-corrected chi connectivity index (χ4v) is 3.01. The maximum atomic E-state index is 13.2. The van der Waals surface area contributed by atoms with Crippen LogP contribution in [0, 0.1) is 0 Å². The van der Waals surface area contributed by atoms with Gasteiger partial charge in [0.1, 0.15) is 17.1 Å². The molecule has 12 heteroatoms. The summed E-state index contributed by atoms with van der Waals surface area (Å²) in [6.45, 7) is 0.935. The van der Waals surface area contributed by atoms with Crippen molar-refractivity contribution in [1.29, 1.82) is 0 Å². The summed E-state index contributed by atoms with van der Waals surface area (Å²) in [4.78, 5) is 23.3. The average Bonchev–Trinajstić information content (AvgIpc) is 3.27. The molecule has 2 N–H and O–H groups in total. The molecule has 7 nitrogen and oxygen atoms in total. The van der Waals surface area contributed by atoms with Gasteiger partial charge < -0.3 is 15.1 Å². The van der Waals surface area contributed by atoms with Gasteiger partial charge in [0.25, 0.3) is 18.8 Å². The first-order chi connectivity index (χ1) is 14.7. The Morgan fingerprint density at radius 1 is 1.03 bits per heavy atom. The summed E-state index contributed by atoms with van der Waals surface area (Å²) < 4.78 is 58.3. The van der Waals surface area contributed by atoms with Crippen molar-refractivity contribution < 1.29 is 31.6 Å². The summed E-state index contributed by atoms with van der Waals surface area (Å²) in [5.74, 6) is -0.965. The zero-order valence-electron chi connectivity index (χ0n) is 15.8. The van der Waals surface area contributed by atoms with Crippen LogP contribution in [0.4, 0.5) is 28.9 Å². The van der Waals surface area contributed by atoms with Crippen LogP contribution in [0.25, 0.3) is 0 Å². The number of carbonyl (C=O) groups is 2. The SMILES string of the molecule is CC(=O)Nc1ccc(NC(=O)c2ccc(Cn3nc(C(F)F)c(Cl)c3C(F)F)o2)cc1. The molecule has 164 valence electrons. The summed E-state index contributed by atoms with van der Waals surface area (Å²) in [6, 6.07) is 8.91. The van der Waals surface area contributed by atoms with Crippen LogP contribution in [0.2, 0.25) is 5.02 Å². The predicted octanol–water partition coefficient (Wildman–Crippen LogP) is 5.26. The molecule has 0 bridgehead atoms. The number of anilines is 2. The Labute approximate surface area is 178 Å². The highest BCUT2D eigenvalue weighted by molar-refractivity contribution is 6.32. The topological polar surface area (TPSA) is 89.2 Å². The lowest BCUT2D eigenvalue weighted by atomic mass is 10.2. The molecule has 31 heavy (non-hydrogen) atoms. The van der Waals surface area contributed by atoms with E-state index in [-0.39, 0.29) is 17.4 Å². The van der Waals surface area contributed by atoms with E-state index in [1.165, 1.54) is 19.1 Å². The van der Waals surface area contributed by atoms with Crippen molar-refractivity contribution in [1.82, 2.24) is 9.78 Å². The van der Waals surface area contributed by atoms with Crippen LogP contribution in [-0.4, -0.2) is 21.6 Å². The number of nitrogens with zero attached hydrogens (tertiary/aromatic N) is 2. The number of halogens is 5. The van der Waals surface area contributed by atoms with Gasteiger partial charge in [0.05, 0.1) is 11.6 Å². The minimum absolute atomic E-state index is 0.0352. The van der Waals surface area contributed by atoms with E-state index in [0.717, 1.165) is 0 Å². The standard InChI is InChI=1S/C19H15ClF4N4O3/c1-9(29)25-10-2-4-11(5-3-10)26-19(30)13-7-6-12(31-13)8-28-16(18(23)24)14(20)15(27-28)17(21)22/h2-7,17-18H,8H2,1H3,(H,25,29)(H,26,30). The number of rotatable bonds is 7. The third-order valence-electron chi connectivity index (χ3n) is 4.02. The largest absolute Gasteiger partial charge is 0.454 e. The van der Waals surface area contributed by atoms with Crippen molar-refractivity contribution >= 4 is 34.8 Å². The highest BCUT2D eigenvalue weighted by Gasteiger charge is 2.28. The van der Waals surface area contributed by atoms with Crippen LogP contribution in [-0.2, 0) is 11.3 Å². The van der Waals surface area contributed by atoms with Crippen molar-refractivity contribution in [3.05, 3.63) is 64.3 Å². The third kappa shape index (κ3) is 5.23. The number of aromatic nitrogens is 2. The van der Waals surface area contributed by atoms with Crippen molar-refractivity contribution in [2.24, 2.45) is 0 Å². The molecule has 0 aliphatic rings. The number of furan rings is 1. The van der Waals surface area contributed by atoms with E-state index in [1.54, 1.807) is 24.3 Å². The Kier molecular flexibility index (Phi) is 6.64. The van der Waals surface area contributed by atoms with E-state index >= 15 is 0 Å². The zero-order valence-corrected chi connectivity index (χ0v) is 16.6. The zero-order chi connectivity index (χ0) is 22.7. The summed E-state index contributed by atoms with van der Waals surface area (Å²) in [5, 5.41) is 7.78. The monoisotopic (exact) mass is 458 g/mol. The maximum absolute atomic E-state index is 13.2. The first kappa shape index (κ1) is 22.3. The summed E-state index contributed by atoms with van der Waals surface area (Å²) >= 11 is 5.61. The third-order valence-corrected chi connectivity index (χ3v) is 4.41. The van der Waals surface area contributed by atoms with Crippen molar-refractivity contribution in [3.8, 4) is 0 Å². The van der Waals surface area contributed by atoms with Gasteiger partial charge in [-0.1, -0.05) is 11.6 Å². The van der Waals surface area contributed by atoms with Crippen molar-refractivity contribution in [2.75, 3.05) is 10.6 Å². The van der Waals surface area contributed by atoms with Gasteiger partial charge in [0.2, 0.25) is 5.91 Å². The smallest absolute Gasteiger partial charge is 0.291 e. The Morgan fingerprint density at radius 3 is 2.19 bits per heavy atom. The number of nitrogens with one attached hydrogen (secondary N) is 2. The molecule has 0 radical (unpaired) electrons. The highest BCUT2D eigenvalue weighted by atomic mass is 35.5. The molecule has 0 aliphatic carbocycles. The first-order valence-electron chi connectivity index (χ1n) is 8.75. The molecule has 0 saturated heterocycles. The molecule has 2 amide bonds. The minimum Gasteiger partial charge on any atom is -0.454 e. The molecular weight excluding hydrogens is 444 g/mol. The Hall–Kier alpha value is -3.34. The number of hydrogen-bond donors (Lipinski definition) is 2. The lowest BCUT2D eigenvalue weighted by molar-refractivity contribution is -0.114. The van der Waals surface area contributed by atoms with Crippen molar-refractivity contribution in [3.63, 3.8) is 0 Å². The van der Waals surface area contributed by atoms with E-state index in [9.17, 15) is 27.2 Å². The predicted molar refractivity (Wildman–Crippen MR) is 104 cm³/mol. The van der Waals surface area contributed by atoms with Crippen LogP contribution in [0.5, 0.6) is 0 Å². The molecule has 2 aromatic heterocycles. The molecule has 0 spiro atoms. The van der Waals surface area contributed by atoms with E-state index in [0.29, 0.717) is 16.1 Å². The summed E-state index contributed by atoms with van der Waals surface area (Å²) in [5.41, 5.74) is -0.859. The molecule has 2 heterocycles. The minimum atomic E-state index is -3.13. The normalized spacial score (nSPS) is 11.2. The molecule has 0 fully saturated rings. The summed E-state index contributed by atoms with van der Waals surface area (Å²) in [6.07, 6.45) is -6.26. The van der Waals surface area contributed by atoms with E-state index < -0.39 is 41.7 Å². The van der Waals surface area contributed by atoms with Gasteiger partial charge in [-0.15, -0.1) is 0 Å². The van der Waals surface area contributed by atoms with Gasteiger partial charge in [0, 0.05) is 18.3 Å². The lowest BCUT2D eigenvalue weighted by Gasteiger charge is -2.06. The molecule has 0 saturated carbocycles. The summed E-state index contributed by atoms with van der Waals surface area (Å²) in [7, 11) is 0. The molecule has 3 aromatic rings. The number of benzene rings is 1. The van der Waals surface area contributed by atoms with Crippen LogP contribution in [0.1, 0.15) is 47.5 Å². The Bertz CT molecular complexity index is 1100. The second kappa shape index (κ2) is 9.21. The van der Waals surface area contributed by atoms with Gasteiger partial charge in [-0.2, -0.15) is 5.10 Å². The highest BCUT2D eigenvalue weighted by Crippen LogP contribution is 2.35.